The molecule has 2 rings (SSSR count). The average molecular weight is 233 g/mol. The molecular formula is C12H15N3O2. The van der Waals surface area contributed by atoms with Crippen LogP contribution in [0.3, 0.4) is 0 Å². The molecule has 2 aromatic heterocycles. The third kappa shape index (κ3) is 2.29. The Hall–Kier alpha value is -1.88. The highest BCUT2D eigenvalue weighted by Gasteiger charge is 2.17. The van der Waals surface area contributed by atoms with E-state index in [4.69, 9.17) is 10.2 Å². The predicted octanol–water partition coefficient (Wildman–Crippen LogP) is 1.58. The molecule has 90 valence electrons. The Labute approximate surface area is 99.2 Å². The molecule has 0 unspecified atom stereocenters. The zero-order chi connectivity index (χ0) is 12.3. The van der Waals surface area contributed by atoms with Crippen LogP contribution >= 0.6 is 0 Å². The molecule has 0 aliphatic heterocycles. The first-order valence-electron chi connectivity index (χ1n) is 5.61. The van der Waals surface area contributed by atoms with Gasteiger partial charge in [-0.05, 0) is 24.6 Å². The fraction of sp³-hybridized carbons (Fsp3) is 0.333. The Kier molecular flexibility index (Phi) is 3.39. The summed E-state index contributed by atoms with van der Waals surface area (Å²) in [6.45, 7) is 3.05. The largest absolute Gasteiger partial charge is 0.456 e. The van der Waals surface area contributed by atoms with Gasteiger partial charge in [0.05, 0.1) is 6.54 Å². The number of carbonyl (C=O) groups excluding carboxylic acids is 1. The highest BCUT2D eigenvalue weighted by Crippen LogP contribution is 2.13. The van der Waals surface area contributed by atoms with Crippen LogP contribution < -0.4 is 5.73 Å². The first-order valence-corrected chi connectivity index (χ1v) is 5.61. The number of carbonyl (C=O) groups is 1. The van der Waals surface area contributed by atoms with Crippen molar-refractivity contribution in [2.45, 2.75) is 26.4 Å². The quantitative estimate of drug-likeness (QED) is 0.795. The fourth-order valence-electron chi connectivity index (χ4n) is 1.65. The van der Waals surface area contributed by atoms with E-state index < -0.39 is 0 Å². The molecule has 2 aromatic rings. The molecule has 0 saturated heterocycles. The zero-order valence-corrected chi connectivity index (χ0v) is 9.72. The van der Waals surface area contributed by atoms with Gasteiger partial charge < -0.3 is 10.2 Å². The summed E-state index contributed by atoms with van der Waals surface area (Å²) in [4.78, 5) is 12.1. The smallest absolute Gasteiger partial charge is 0.246 e. The number of nitrogens with zero attached hydrogens (tertiary/aromatic N) is 2. The molecule has 0 amide bonds. The van der Waals surface area contributed by atoms with E-state index in [9.17, 15) is 4.79 Å². The lowest BCUT2D eigenvalue weighted by Gasteiger charge is -2.03. The van der Waals surface area contributed by atoms with E-state index in [0.717, 1.165) is 13.0 Å². The monoisotopic (exact) mass is 233 g/mol. The lowest BCUT2D eigenvalue weighted by atomic mass is 10.2. The molecule has 0 fully saturated rings. The van der Waals surface area contributed by atoms with Crippen LogP contribution in [0.1, 0.15) is 35.4 Å². The molecule has 0 aromatic carbocycles. The van der Waals surface area contributed by atoms with Crippen LogP contribution in [0.2, 0.25) is 0 Å². The number of aryl methyl sites for hydroxylation is 1. The molecule has 0 bridgehead atoms. The summed E-state index contributed by atoms with van der Waals surface area (Å²) < 4.78 is 7.02. The summed E-state index contributed by atoms with van der Waals surface area (Å²) in [5.41, 5.74) is 5.98. The second kappa shape index (κ2) is 4.97. The minimum Gasteiger partial charge on any atom is -0.456 e. The second-order valence-corrected chi connectivity index (χ2v) is 3.74. The van der Waals surface area contributed by atoms with Crippen molar-refractivity contribution < 1.29 is 9.21 Å². The van der Waals surface area contributed by atoms with Crippen molar-refractivity contribution in [1.29, 1.82) is 0 Å². The van der Waals surface area contributed by atoms with Gasteiger partial charge in [-0.25, -0.2) is 0 Å². The Balaban J connectivity index is 2.27. The van der Waals surface area contributed by atoms with Gasteiger partial charge in [0, 0.05) is 12.7 Å². The van der Waals surface area contributed by atoms with E-state index in [-0.39, 0.29) is 5.78 Å². The molecule has 0 radical (unpaired) electrons. The molecule has 0 saturated carbocycles. The molecule has 5 nitrogen and oxygen atoms in total. The Morgan fingerprint density at radius 3 is 2.94 bits per heavy atom. The van der Waals surface area contributed by atoms with E-state index in [1.165, 1.54) is 0 Å². The van der Waals surface area contributed by atoms with Gasteiger partial charge >= 0.3 is 0 Å². The van der Waals surface area contributed by atoms with Gasteiger partial charge in [-0.1, -0.05) is 6.92 Å². The molecule has 17 heavy (non-hydrogen) atoms. The number of nitrogens with two attached hydrogens (primary N) is 1. The number of aromatic nitrogens is 2. The molecule has 5 heteroatoms. The molecule has 2 N–H and O–H groups in total. The summed E-state index contributed by atoms with van der Waals surface area (Å²) >= 11 is 0. The fourth-order valence-corrected chi connectivity index (χ4v) is 1.65. The van der Waals surface area contributed by atoms with E-state index in [0.29, 0.717) is 23.8 Å². The van der Waals surface area contributed by atoms with E-state index >= 15 is 0 Å². The first-order chi connectivity index (χ1) is 8.26. The summed E-state index contributed by atoms with van der Waals surface area (Å²) in [7, 11) is 0. The SMILES string of the molecule is CCCn1nccc1C(=O)c1ccc(CN)o1. The van der Waals surface area contributed by atoms with Crippen molar-refractivity contribution in [2.75, 3.05) is 0 Å². The third-order valence-electron chi connectivity index (χ3n) is 2.47. The number of rotatable bonds is 5. The highest BCUT2D eigenvalue weighted by atomic mass is 16.3. The van der Waals surface area contributed by atoms with Crippen LogP contribution in [0.25, 0.3) is 0 Å². The van der Waals surface area contributed by atoms with Crippen LogP contribution in [-0.2, 0) is 13.1 Å². The maximum Gasteiger partial charge on any atom is 0.246 e. The molecule has 2 heterocycles. The standard InChI is InChI=1S/C12H15N3O2/c1-2-7-15-10(5-6-14-15)12(16)11-4-3-9(8-13)17-11/h3-6H,2,7-8,13H2,1H3. The Bertz CT molecular complexity index is 513. The summed E-state index contributed by atoms with van der Waals surface area (Å²) in [5.74, 6) is 0.758. The number of hydrogen-bond donors (Lipinski definition) is 1. The van der Waals surface area contributed by atoms with Crippen LogP contribution in [0, 0.1) is 0 Å². The molecule has 0 aliphatic rings. The van der Waals surface area contributed by atoms with Crippen molar-refractivity contribution in [3.63, 3.8) is 0 Å². The van der Waals surface area contributed by atoms with E-state index in [1.54, 1.807) is 29.1 Å². The van der Waals surface area contributed by atoms with E-state index in [2.05, 4.69) is 5.10 Å². The van der Waals surface area contributed by atoms with Crippen LogP contribution in [0.5, 0.6) is 0 Å². The second-order valence-electron chi connectivity index (χ2n) is 3.74. The van der Waals surface area contributed by atoms with Gasteiger partial charge in [0.25, 0.3) is 0 Å². The van der Waals surface area contributed by atoms with Crippen LogP contribution in [0.4, 0.5) is 0 Å². The van der Waals surface area contributed by atoms with Gasteiger partial charge in [-0.3, -0.25) is 9.48 Å². The highest BCUT2D eigenvalue weighted by molar-refractivity contribution is 6.05. The van der Waals surface area contributed by atoms with Crippen LogP contribution in [0.15, 0.2) is 28.8 Å². The van der Waals surface area contributed by atoms with Gasteiger partial charge in [-0.2, -0.15) is 5.10 Å². The average Bonchev–Trinajstić information content (AvgIpc) is 2.97. The lowest BCUT2D eigenvalue weighted by molar-refractivity contribution is 0.0997. The predicted molar refractivity (Wildman–Crippen MR) is 62.5 cm³/mol. The van der Waals surface area contributed by atoms with Gasteiger partial charge in [0.1, 0.15) is 11.5 Å². The van der Waals surface area contributed by atoms with Gasteiger partial charge in [-0.15, -0.1) is 0 Å². The molecule has 0 spiro atoms. The van der Waals surface area contributed by atoms with Crippen molar-refractivity contribution in [1.82, 2.24) is 9.78 Å². The van der Waals surface area contributed by atoms with Gasteiger partial charge in [0.2, 0.25) is 5.78 Å². The summed E-state index contributed by atoms with van der Waals surface area (Å²) in [6, 6.07) is 5.06. The van der Waals surface area contributed by atoms with Crippen molar-refractivity contribution in [3.8, 4) is 0 Å². The summed E-state index contributed by atoms with van der Waals surface area (Å²) in [6.07, 6.45) is 2.55. The first kappa shape index (κ1) is 11.6. The van der Waals surface area contributed by atoms with Gasteiger partial charge in [0.15, 0.2) is 5.76 Å². The molecule has 0 atom stereocenters. The minimum atomic E-state index is -0.157. The lowest BCUT2D eigenvalue weighted by Crippen LogP contribution is -2.10. The minimum absolute atomic E-state index is 0.157. The van der Waals surface area contributed by atoms with Crippen LogP contribution in [-0.4, -0.2) is 15.6 Å². The maximum absolute atomic E-state index is 12.1. The van der Waals surface area contributed by atoms with Crippen molar-refractivity contribution >= 4 is 5.78 Å². The third-order valence-corrected chi connectivity index (χ3v) is 2.47. The maximum atomic E-state index is 12.1. The molecular weight excluding hydrogens is 218 g/mol. The zero-order valence-electron chi connectivity index (χ0n) is 9.72. The van der Waals surface area contributed by atoms with Crippen molar-refractivity contribution in [3.05, 3.63) is 41.6 Å². The number of ketones is 1. The normalized spacial score (nSPS) is 10.7. The van der Waals surface area contributed by atoms with Crippen molar-refractivity contribution in [2.24, 2.45) is 5.73 Å². The summed E-state index contributed by atoms with van der Waals surface area (Å²) in [5, 5.41) is 4.11. The number of hydrogen-bond acceptors (Lipinski definition) is 4. The molecule has 0 aliphatic carbocycles. The van der Waals surface area contributed by atoms with E-state index in [1.807, 2.05) is 6.92 Å². The topological polar surface area (TPSA) is 74.0 Å². The Morgan fingerprint density at radius 2 is 2.29 bits per heavy atom. The number of furan rings is 1. The Morgan fingerprint density at radius 1 is 1.47 bits per heavy atom.